The van der Waals surface area contributed by atoms with E-state index in [0.29, 0.717) is 32.1 Å². The number of benzene rings is 3. The molecule has 3 aromatic carbocycles. The molecular weight excluding hydrogens is 599 g/mol. The Morgan fingerprint density at radius 3 is 2.50 bits per heavy atom. The Hall–Kier alpha value is -5.00. The summed E-state index contributed by atoms with van der Waals surface area (Å²) in [5.41, 5.74) is 2.06. The lowest BCUT2D eigenvalue weighted by molar-refractivity contribution is -0.384. The van der Waals surface area contributed by atoms with Crippen molar-refractivity contribution >= 4 is 46.5 Å². The molecule has 5 aromatic rings. The van der Waals surface area contributed by atoms with E-state index in [2.05, 4.69) is 0 Å². The summed E-state index contributed by atoms with van der Waals surface area (Å²) in [7, 11) is 0. The number of fused-ring (bicyclic) bond motifs is 1. The summed E-state index contributed by atoms with van der Waals surface area (Å²) in [5.74, 6) is 0.0969. The average Bonchev–Trinajstić information content (AvgIpc) is 3.64. The molecule has 11 heteroatoms. The van der Waals surface area contributed by atoms with Crippen LogP contribution in [0, 0.1) is 10.1 Å². The van der Waals surface area contributed by atoms with Gasteiger partial charge in [-0.2, -0.15) is 0 Å². The SMILES string of the molecule is CCOC(=O)C1=C(c2ccccc2)N=c2s/c(=C\c3ccc(-c4ccccc4[N+](=O)[O-])o3)c(=O)n2[C@@H]1c1ccc(SC)cc1. The lowest BCUT2D eigenvalue weighted by Crippen LogP contribution is -2.40. The summed E-state index contributed by atoms with van der Waals surface area (Å²) >= 11 is 2.76. The van der Waals surface area contributed by atoms with Crippen molar-refractivity contribution in [3.05, 3.63) is 143 Å². The molecule has 0 spiro atoms. The first-order valence-electron chi connectivity index (χ1n) is 13.7. The van der Waals surface area contributed by atoms with Crippen molar-refractivity contribution in [3.63, 3.8) is 0 Å². The largest absolute Gasteiger partial charge is 0.463 e. The van der Waals surface area contributed by atoms with E-state index in [9.17, 15) is 19.7 Å². The number of nitro groups is 1. The number of aromatic nitrogens is 1. The molecule has 0 N–H and O–H groups in total. The summed E-state index contributed by atoms with van der Waals surface area (Å²) in [6.45, 7) is 1.90. The van der Waals surface area contributed by atoms with Crippen LogP contribution in [0.4, 0.5) is 5.69 Å². The molecule has 44 heavy (non-hydrogen) atoms. The minimum atomic E-state index is -0.794. The van der Waals surface area contributed by atoms with E-state index >= 15 is 0 Å². The zero-order valence-electron chi connectivity index (χ0n) is 23.6. The Morgan fingerprint density at radius 2 is 1.80 bits per heavy atom. The summed E-state index contributed by atoms with van der Waals surface area (Å²) < 4.78 is 13.3. The minimum absolute atomic E-state index is 0.0831. The topological polar surface area (TPSA) is 117 Å². The average molecular weight is 624 g/mol. The molecule has 0 radical (unpaired) electrons. The molecule has 220 valence electrons. The highest BCUT2D eigenvalue weighted by Gasteiger charge is 2.35. The van der Waals surface area contributed by atoms with Crippen LogP contribution in [0.5, 0.6) is 0 Å². The third kappa shape index (κ3) is 5.43. The van der Waals surface area contributed by atoms with Gasteiger partial charge in [0.05, 0.1) is 38.9 Å². The van der Waals surface area contributed by atoms with Crippen LogP contribution in [0.1, 0.15) is 29.9 Å². The highest BCUT2D eigenvalue weighted by atomic mass is 32.2. The highest BCUT2D eigenvalue weighted by Crippen LogP contribution is 2.36. The van der Waals surface area contributed by atoms with Crippen LogP contribution in [0.2, 0.25) is 0 Å². The molecule has 3 heterocycles. The number of thiazole rings is 1. The summed E-state index contributed by atoms with van der Waals surface area (Å²) in [5, 5.41) is 11.5. The maximum absolute atomic E-state index is 14.1. The number of esters is 1. The molecule has 1 aliphatic heterocycles. The zero-order valence-corrected chi connectivity index (χ0v) is 25.3. The fourth-order valence-corrected chi connectivity index (χ4v) is 6.48. The first kappa shape index (κ1) is 29.1. The van der Waals surface area contributed by atoms with Crippen LogP contribution >= 0.6 is 23.1 Å². The summed E-state index contributed by atoms with van der Waals surface area (Å²) in [4.78, 5) is 45.1. The van der Waals surface area contributed by atoms with Crippen LogP contribution in [0.3, 0.4) is 0 Å². The monoisotopic (exact) mass is 623 g/mol. The van der Waals surface area contributed by atoms with Gasteiger partial charge in [-0.25, -0.2) is 9.79 Å². The van der Waals surface area contributed by atoms with Crippen LogP contribution in [0.25, 0.3) is 23.1 Å². The maximum Gasteiger partial charge on any atom is 0.338 e. The number of hydrogen-bond acceptors (Lipinski definition) is 9. The molecule has 1 atom stereocenters. The van der Waals surface area contributed by atoms with E-state index in [1.807, 2.05) is 60.9 Å². The van der Waals surface area contributed by atoms with Gasteiger partial charge >= 0.3 is 5.97 Å². The summed E-state index contributed by atoms with van der Waals surface area (Å²) in [6, 6.07) is 25.9. The highest BCUT2D eigenvalue weighted by molar-refractivity contribution is 7.98. The van der Waals surface area contributed by atoms with Gasteiger partial charge in [-0.15, -0.1) is 11.8 Å². The number of para-hydroxylation sites is 1. The molecule has 0 unspecified atom stereocenters. The second kappa shape index (κ2) is 12.3. The molecule has 1 aliphatic rings. The van der Waals surface area contributed by atoms with Crippen LogP contribution in [0.15, 0.2) is 116 Å². The number of thioether (sulfide) groups is 1. The number of nitro benzene ring substituents is 1. The quantitative estimate of drug-likeness (QED) is 0.0925. The minimum Gasteiger partial charge on any atom is -0.463 e. The van der Waals surface area contributed by atoms with Gasteiger partial charge in [0.25, 0.3) is 11.2 Å². The second-order valence-electron chi connectivity index (χ2n) is 9.68. The number of carbonyl (C=O) groups excluding carboxylic acids is 1. The van der Waals surface area contributed by atoms with E-state index in [1.54, 1.807) is 55.1 Å². The number of furan rings is 1. The maximum atomic E-state index is 14.1. The number of nitrogens with zero attached hydrogens (tertiary/aromatic N) is 3. The number of carbonyl (C=O) groups is 1. The Balaban J connectivity index is 1.55. The van der Waals surface area contributed by atoms with Crippen molar-refractivity contribution < 1.29 is 18.9 Å². The number of hydrogen-bond donors (Lipinski definition) is 0. The number of ether oxygens (including phenoxy) is 1. The fourth-order valence-electron chi connectivity index (χ4n) is 5.09. The normalized spacial score (nSPS) is 14.7. The summed E-state index contributed by atoms with van der Waals surface area (Å²) in [6.07, 6.45) is 3.57. The van der Waals surface area contributed by atoms with Crippen molar-refractivity contribution in [1.29, 1.82) is 0 Å². The van der Waals surface area contributed by atoms with Crippen LogP contribution in [-0.4, -0.2) is 28.3 Å². The molecule has 0 saturated carbocycles. The lowest BCUT2D eigenvalue weighted by atomic mass is 9.93. The van der Waals surface area contributed by atoms with Gasteiger partial charge in [-0.1, -0.05) is 65.9 Å². The standard InChI is InChI=1S/C33H25N3O6S2/c1-3-41-32(38)28-29(20-9-5-4-6-10-20)34-33-35(30(28)21-13-16-23(43-2)17-14-21)31(37)27(44-33)19-22-15-18-26(42-22)24-11-7-8-12-25(24)36(39)40/h4-19,30H,3H2,1-2H3/b27-19-/t30-/m1/s1. The second-order valence-corrected chi connectivity index (χ2v) is 11.6. The smallest absolute Gasteiger partial charge is 0.338 e. The van der Waals surface area contributed by atoms with Gasteiger partial charge in [0.15, 0.2) is 4.80 Å². The zero-order chi connectivity index (χ0) is 30.8. The van der Waals surface area contributed by atoms with Crippen molar-refractivity contribution in [2.45, 2.75) is 17.9 Å². The Morgan fingerprint density at radius 1 is 1.07 bits per heavy atom. The van der Waals surface area contributed by atoms with Gasteiger partial charge in [0, 0.05) is 22.6 Å². The Bertz CT molecular complexity index is 2090. The van der Waals surface area contributed by atoms with Crippen molar-refractivity contribution in [3.8, 4) is 11.3 Å². The van der Waals surface area contributed by atoms with E-state index in [1.165, 1.54) is 22.0 Å². The molecule has 0 bridgehead atoms. The fraction of sp³-hybridized carbons (Fsp3) is 0.121. The van der Waals surface area contributed by atoms with Crippen LogP contribution in [-0.2, 0) is 9.53 Å². The molecule has 2 aromatic heterocycles. The van der Waals surface area contributed by atoms with E-state index in [-0.39, 0.29) is 23.4 Å². The molecule has 0 saturated heterocycles. The number of rotatable bonds is 8. The molecule has 0 fully saturated rings. The van der Waals surface area contributed by atoms with E-state index in [0.717, 1.165) is 16.0 Å². The molecule has 0 amide bonds. The van der Waals surface area contributed by atoms with Crippen molar-refractivity contribution in [1.82, 2.24) is 4.57 Å². The predicted octanol–water partition coefficient (Wildman–Crippen LogP) is 5.83. The molecule has 9 nitrogen and oxygen atoms in total. The third-order valence-corrected chi connectivity index (χ3v) is 8.80. The van der Waals surface area contributed by atoms with Crippen molar-refractivity contribution in [2.75, 3.05) is 12.9 Å². The van der Waals surface area contributed by atoms with Gasteiger partial charge in [-0.3, -0.25) is 19.5 Å². The molecule has 0 aliphatic carbocycles. The van der Waals surface area contributed by atoms with Gasteiger partial charge in [-0.05, 0) is 49.1 Å². The molecular formula is C33H25N3O6S2. The first-order valence-corrected chi connectivity index (χ1v) is 15.7. The lowest BCUT2D eigenvalue weighted by Gasteiger charge is -2.26. The van der Waals surface area contributed by atoms with Gasteiger partial charge in [0.1, 0.15) is 11.5 Å². The van der Waals surface area contributed by atoms with Crippen molar-refractivity contribution in [2.24, 2.45) is 4.99 Å². The van der Waals surface area contributed by atoms with Crippen LogP contribution < -0.4 is 14.9 Å². The predicted molar refractivity (Wildman–Crippen MR) is 170 cm³/mol. The van der Waals surface area contributed by atoms with E-state index < -0.39 is 16.9 Å². The van der Waals surface area contributed by atoms with Gasteiger partial charge < -0.3 is 9.15 Å². The first-order chi connectivity index (χ1) is 21.4. The van der Waals surface area contributed by atoms with E-state index in [4.69, 9.17) is 14.1 Å². The molecule has 6 rings (SSSR count). The Kier molecular flexibility index (Phi) is 8.14. The third-order valence-electron chi connectivity index (χ3n) is 7.07. The Labute approximate surface area is 259 Å². The van der Waals surface area contributed by atoms with Gasteiger partial charge in [0.2, 0.25) is 0 Å².